The first-order chi connectivity index (χ1) is 22.3. The van der Waals surface area contributed by atoms with Crippen LogP contribution in [0.3, 0.4) is 0 Å². The van der Waals surface area contributed by atoms with Crippen LogP contribution < -0.4 is 0 Å². The van der Waals surface area contributed by atoms with Crippen molar-refractivity contribution in [1.29, 1.82) is 0 Å². The van der Waals surface area contributed by atoms with Crippen molar-refractivity contribution in [2.24, 2.45) is 0 Å². The van der Waals surface area contributed by atoms with Crippen LogP contribution in [0.2, 0.25) is 0 Å². The zero-order chi connectivity index (χ0) is 29.7. The Morgan fingerprint density at radius 2 is 1.07 bits per heavy atom. The van der Waals surface area contributed by atoms with Gasteiger partial charge in [0.25, 0.3) is 0 Å². The van der Waals surface area contributed by atoms with Gasteiger partial charge in [0, 0.05) is 15.8 Å². The van der Waals surface area contributed by atoms with Crippen LogP contribution in [0.4, 0.5) is 0 Å². The molecule has 0 unspecified atom stereocenters. The lowest BCUT2D eigenvalue weighted by Crippen LogP contribution is -1.97. The van der Waals surface area contributed by atoms with Crippen molar-refractivity contribution in [3.05, 3.63) is 158 Å². The van der Waals surface area contributed by atoms with Crippen molar-refractivity contribution < 1.29 is 0 Å². The lowest BCUT2D eigenvalue weighted by molar-refractivity contribution is 1.19. The Morgan fingerprint density at radius 1 is 0.400 bits per heavy atom. The van der Waals surface area contributed by atoms with Crippen molar-refractivity contribution in [2.75, 3.05) is 0 Å². The van der Waals surface area contributed by atoms with Gasteiger partial charge in [-0.05, 0) is 73.1 Å². The third-order valence-corrected chi connectivity index (χ3v) is 9.82. The number of nitrogens with zero attached hydrogens (tertiary/aromatic N) is 2. The van der Waals surface area contributed by atoms with Gasteiger partial charge in [-0.15, -0.1) is 11.3 Å². The average Bonchev–Trinajstić information content (AvgIpc) is 3.56. The standard InChI is InChI=1S/C42H26N2S/c1-2-13-28(14-3-1)42-43-37(26-38(44-42)40-25-30-16-6-11-21-39(30)45-40)33-19-9-10-20-34(33)41-32-18-8-5-15-29(32)24-36-31-17-7-4-12-27(31)22-23-35(36)41/h1-26H. The van der Waals surface area contributed by atoms with E-state index < -0.39 is 0 Å². The van der Waals surface area contributed by atoms with E-state index in [1.807, 2.05) is 18.2 Å². The summed E-state index contributed by atoms with van der Waals surface area (Å²) in [5.74, 6) is 0.726. The van der Waals surface area contributed by atoms with Crippen LogP contribution in [0.25, 0.3) is 86.7 Å². The van der Waals surface area contributed by atoms with Gasteiger partial charge in [0.05, 0.1) is 16.3 Å². The minimum atomic E-state index is 0.726. The van der Waals surface area contributed by atoms with Crippen molar-refractivity contribution in [2.45, 2.75) is 0 Å². The highest BCUT2D eigenvalue weighted by molar-refractivity contribution is 7.22. The highest BCUT2D eigenvalue weighted by Crippen LogP contribution is 2.43. The maximum atomic E-state index is 5.24. The Morgan fingerprint density at radius 3 is 1.91 bits per heavy atom. The summed E-state index contributed by atoms with van der Waals surface area (Å²) in [4.78, 5) is 11.5. The molecule has 0 bridgehead atoms. The van der Waals surface area contributed by atoms with Gasteiger partial charge in [-0.2, -0.15) is 0 Å². The number of hydrogen-bond acceptors (Lipinski definition) is 3. The number of rotatable bonds is 4. The molecule has 9 rings (SSSR count). The zero-order valence-corrected chi connectivity index (χ0v) is 25.1. The molecule has 0 amide bonds. The minimum absolute atomic E-state index is 0.726. The van der Waals surface area contributed by atoms with Crippen LogP contribution in [0.15, 0.2) is 158 Å². The molecule has 210 valence electrons. The molecule has 7 aromatic carbocycles. The molecule has 45 heavy (non-hydrogen) atoms. The lowest BCUT2D eigenvalue weighted by Gasteiger charge is -2.17. The molecular weight excluding hydrogens is 565 g/mol. The van der Waals surface area contributed by atoms with E-state index in [0.29, 0.717) is 0 Å². The van der Waals surface area contributed by atoms with Gasteiger partial charge in [-0.25, -0.2) is 9.97 Å². The molecule has 2 nitrogen and oxygen atoms in total. The molecule has 0 radical (unpaired) electrons. The minimum Gasteiger partial charge on any atom is -0.228 e. The third kappa shape index (κ3) is 4.40. The monoisotopic (exact) mass is 590 g/mol. The highest BCUT2D eigenvalue weighted by atomic mass is 32.1. The van der Waals surface area contributed by atoms with E-state index in [1.54, 1.807) is 11.3 Å². The summed E-state index contributed by atoms with van der Waals surface area (Å²) < 4.78 is 1.25. The summed E-state index contributed by atoms with van der Waals surface area (Å²) in [7, 11) is 0. The van der Waals surface area contributed by atoms with Crippen molar-refractivity contribution in [3.63, 3.8) is 0 Å². The molecule has 0 aliphatic rings. The Bertz CT molecular complexity index is 2510. The van der Waals surface area contributed by atoms with E-state index in [-0.39, 0.29) is 0 Å². The molecule has 0 fully saturated rings. The largest absolute Gasteiger partial charge is 0.228 e. The molecule has 9 aromatic rings. The SMILES string of the molecule is c1ccc(-c2nc(-c3cc4ccccc4s3)cc(-c3ccccc3-c3c4ccccc4cc4c3ccc3ccccc34)n2)cc1. The molecule has 3 heteroatoms. The first kappa shape index (κ1) is 25.8. The summed E-state index contributed by atoms with van der Waals surface area (Å²) in [6.07, 6.45) is 0. The smallest absolute Gasteiger partial charge is 0.160 e. The number of thiophene rings is 1. The van der Waals surface area contributed by atoms with Crippen LogP contribution in [0, 0.1) is 0 Å². The second-order valence-electron chi connectivity index (χ2n) is 11.4. The lowest BCUT2D eigenvalue weighted by atomic mass is 9.87. The average molecular weight is 591 g/mol. The molecule has 0 spiro atoms. The summed E-state index contributed by atoms with van der Waals surface area (Å²) >= 11 is 1.77. The molecule has 0 saturated heterocycles. The number of fused-ring (bicyclic) bond motifs is 5. The van der Waals surface area contributed by atoms with Gasteiger partial charge in [-0.3, -0.25) is 0 Å². The fraction of sp³-hybridized carbons (Fsp3) is 0. The normalized spacial score (nSPS) is 11.6. The topological polar surface area (TPSA) is 25.8 Å². The summed E-state index contributed by atoms with van der Waals surface area (Å²) in [6, 6.07) is 56.2. The predicted octanol–water partition coefficient (Wildman–Crippen LogP) is 11.8. The molecule has 0 aliphatic heterocycles. The molecular formula is C42H26N2S. The zero-order valence-electron chi connectivity index (χ0n) is 24.3. The number of benzene rings is 7. The molecule has 0 aliphatic carbocycles. The maximum absolute atomic E-state index is 5.24. The number of hydrogen-bond donors (Lipinski definition) is 0. The first-order valence-corrected chi connectivity index (χ1v) is 16.0. The molecule has 2 aromatic heterocycles. The Kier molecular flexibility index (Phi) is 6.03. The number of aromatic nitrogens is 2. The van der Waals surface area contributed by atoms with Crippen molar-refractivity contribution >= 4 is 53.7 Å². The van der Waals surface area contributed by atoms with Crippen LogP contribution >= 0.6 is 11.3 Å². The van der Waals surface area contributed by atoms with Gasteiger partial charge >= 0.3 is 0 Å². The second-order valence-corrected chi connectivity index (χ2v) is 12.5. The Balaban J connectivity index is 1.34. The van der Waals surface area contributed by atoms with Gasteiger partial charge < -0.3 is 0 Å². The van der Waals surface area contributed by atoms with E-state index in [9.17, 15) is 0 Å². The maximum Gasteiger partial charge on any atom is 0.160 e. The van der Waals surface area contributed by atoms with Crippen LogP contribution in [0.1, 0.15) is 0 Å². The summed E-state index contributed by atoms with van der Waals surface area (Å²) in [6.45, 7) is 0. The quantitative estimate of drug-likeness (QED) is 0.150. The van der Waals surface area contributed by atoms with Crippen molar-refractivity contribution in [1.82, 2.24) is 9.97 Å². The first-order valence-electron chi connectivity index (χ1n) is 15.2. The molecule has 0 N–H and O–H groups in total. The summed E-state index contributed by atoms with van der Waals surface area (Å²) in [5, 5.41) is 8.70. The van der Waals surface area contributed by atoms with E-state index in [1.165, 1.54) is 48.0 Å². The fourth-order valence-corrected chi connectivity index (χ4v) is 7.59. The Labute approximate surface area is 264 Å². The Hall–Kier alpha value is -5.64. The predicted molar refractivity (Wildman–Crippen MR) is 192 cm³/mol. The third-order valence-electron chi connectivity index (χ3n) is 8.68. The second kappa shape index (κ2) is 10.5. The van der Waals surface area contributed by atoms with Gasteiger partial charge in [0.2, 0.25) is 0 Å². The van der Waals surface area contributed by atoms with Gasteiger partial charge in [0.1, 0.15) is 0 Å². The van der Waals surface area contributed by atoms with E-state index in [2.05, 4.69) is 140 Å². The molecule has 2 heterocycles. The van der Waals surface area contributed by atoms with Crippen LogP contribution in [-0.2, 0) is 0 Å². The highest BCUT2D eigenvalue weighted by Gasteiger charge is 2.19. The van der Waals surface area contributed by atoms with Gasteiger partial charge in [0.15, 0.2) is 5.82 Å². The van der Waals surface area contributed by atoms with E-state index in [4.69, 9.17) is 9.97 Å². The van der Waals surface area contributed by atoms with Crippen molar-refractivity contribution in [3.8, 4) is 44.3 Å². The summed E-state index contributed by atoms with van der Waals surface area (Å²) in [5.41, 5.74) is 6.33. The van der Waals surface area contributed by atoms with Crippen LogP contribution in [-0.4, -0.2) is 9.97 Å². The van der Waals surface area contributed by atoms with Gasteiger partial charge in [-0.1, -0.05) is 133 Å². The van der Waals surface area contributed by atoms with Crippen LogP contribution in [0.5, 0.6) is 0 Å². The fourth-order valence-electron chi connectivity index (χ4n) is 6.57. The van der Waals surface area contributed by atoms with E-state index in [0.717, 1.165) is 38.8 Å². The molecule has 0 saturated carbocycles. The van der Waals surface area contributed by atoms with E-state index >= 15 is 0 Å². The molecule has 0 atom stereocenters.